The van der Waals surface area contributed by atoms with E-state index in [2.05, 4.69) is 26.0 Å². The normalized spacial score (nSPS) is 14.2. The third-order valence-electron chi connectivity index (χ3n) is 6.64. The van der Waals surface area contributed by atoms with E-state index in [1.54, 1.807) is 24.7 Å². The molecule has 1 aliphatic carbocycles. The Kier molecular flexibility index (Phi) is 5.49. The number of aromatic nitrogens is 3. The van der Waals surface area contributed by atoms with E-state index in [0.29, 0.717) is 29.9 Å². The van der Waals surface area contributed by atoms with E-state index in [4.69, 9.17) is 0 Å². The standard InChI is InChI=1S/C29H23FN4O/c30-24-9-6-18(13-22(24)16-27(35)21-4-1-3-20(15-21)19-7-8-19)14-26-23(5-2-11-31-26)28-29-25(10-12-32-29)33-17-34-28/h1-6,9,11-13,15,17,19H,7-8,10,14,16H2. The van der Waals surface area contributed by atoms with Crippen LogP contribution in [-0.4, -0.2) is 26.9 Å². The molecule has 0 N–H and O–H groups in total. The zero-order chi connectivity index (χ0) is 23.8. The van der Waals surface area contributed by atoms with Crippen molar-refractivity contribution in [1.29, 1.82) is 0 Å². The highest BCUT2D eigenvalue weighted by Crippen LogP contribution is 2.40. The molecule has 2 aromatic carbocycles. The lowest BCUT2D eigenvalue weighted by atomic mass is 9.96. The van der Waals surface area contributed by atoms with E-state index < -0.39 is 0 Å². The number of benzene rings is 2. The Bertz CT molecular complexity index is 1480. The Balaban J connectivity index is 1.27. The van der Waals surface area contributed by atoms with Gasteiger partial charge in [-0.2, -0.15) is 0 Å². The maximum Gasteiger partial charge on any atom is 0.167 e. The number of halogens is 1. The van der Waals surface area contributed by atoms with Crippen molar-refractivity contribution in [3.05, 3.63) is 107 Å². The summed E-state index contributed by atoms with van der Waals surface area (Å²) in [6.07, 6.45) is 8.68. The van der Waals surface area contributed by atoms with E-state index in [9.17, 15) is 9.18 Å². The molecule has 2 aliphatic rings. The SMILES string of the molecule is O=C(Cc1cc(Cc2ncccc2-c2ncnc3c2N=CC3)ccc1F)c1cccc(C2CC2)c1. The monoisotopic (exact) mass is 462 g/mol. The molecule has 6 heteroatoms. The molecule has 3 heterocycles. The minimum atomic E-state index is -0.371. The van der Waals surface area contributed by atoms with Crippen molar-refractivity contribution in [2.45, 2.75) is 38.0 Å². The predicted molar refractivity (Wildman–Crippen MR) is 133 cm³/mol. The summed E-state index contributed by atoms with van der Waals surface area (Å²) in [5, 5.41) is 0. The second-order valence-corrected chi connectivity index (χ2v) is 9.13. The maximum absolute atomic E-state index is 14.7. The first-order valence-corrected chi connectivity index (χ1v) is 11.9. The lowest BCUT2D eigenvalue weighted by Gasteiger charge is -2.11. The molecule has 2 aromatic heterocycles. The third kappa shape index (κ3) is 4.39. The van der Waals surface area contributed by atoms with Crippen LogP contribution in [-0.2, 0) is 19.3 Å². The zero-order valence-electron chi connectivity index (χ0n) is 19.1. The summed E-state index contributed by atoms with van der Waals surface area (Å²) in [6.45, 7) is 0. The first-order chi connectivity index (χ1) is 17.2. The van der Waals surface area contributed by atoms with Crippen molar-refractivity contribution in [3.63, 3.8) is 0 Å². The molecule has 0 bridgehead atoms. The number of Topliss-reactive ketones (excluding diaryl/α,β-unsaturated/α-hetero) is 1. The highest BCUT2D eigenvalue weighted by atomic mass is 19.1. The number of hydrogen-bond acceptors (Lipinski definition) is 5. The molecule has 0 unspecified atom stereocenters. The Labute approximate surface area is 202 Å². The van der Waals surface area contributed by atoms with Crippen molar-refractivity contribution in [3.8, 4) is 11.3 Å². The number of hydrogen-bond donors (Lipinski definition) is 0. The van der Waals surface area contributed by atoms with Gasteiger partial charge in [-0.1, -0.05) is 30.3 Å². The molecule has 35 heavy (non-hydrogen) atoms. The van der Waals surface area contributed by atoms with Gasteiger partial charge in [-0.15, -0.1) is 0 Å². The van der Waals surface area contributed by atoms with E-state index >= 15 is 0 Å². The van der Waals surface area contributed by atoms with E-state index in [0.717, 1.165) is 33.9 Å². The average Bonchev–Trinajstić information content (AvgIpc) is 3.63. The van der Waals surface area contributed by atoms with Gasteiger partial charge in [0.05, 0.1) is 11.4 Å². The van der Waals surface area contributed by atoms with Crippen LogP contribution in [0.1, 0.15) is 57.2 Å². The van der Waals surface area contributed by atoms with Crippen molar-refractivity contribution in [2.24, 2.45) is 4.99 Å². The molecule has 0 spiro atoms. The van der Waals surface area contributed by atoms with Crippen molar-refractivity contribution in [1.82, 2.24) is 15.0 Å². The van der Waals surface area contributed by atoms with Crippen LogP contribution in [0.25, 0.3) is 11.3 Å². The highest BCUT2D eigenvalue weighted by molar-refractivity contribution is 5.97. The number of nitrogens with zero attached hydrogens (tertiary/aromatic N) is 4. The van der Waals surface area contributed by atoms with Crippen LogP contribution < -0.4 is 0 Å². The summed E-state index contributed by atoms with van der Waals surface area (Å²) < 4.78 is 14.7. The van der Waals surface area contributed by atoms with E-state index in [-0.39, 0.29) is 18.0 Å². The van der Waals surface area contributed by atoms with Gasteiger partial charge in [-0.25, -0.2) is 14.4 Å². The fourth-order valence-corrected chi connectivity index (χ4v) is 4.64. The Morgan fingerprint density at radius 2 is 1.91 bits per heavy atom. The number of carbonyl (C=O) groups is 1. The Morgan fingerprint density at radius 1 is 1.00 bits per heavy atom. The third-order valence-corrected chi connectivity index (χ3v) is 6.64. The summed E-state index contributed by atoms with van der Waals surface area (Å²) >= 11 is 0. The molecule has 5 nitrogen and oxygen atoms in total. The smallest absolute Gasteiger partial charge is 0.167 e. The van der Waals surface area contributed by atoms with E-state index in [1.165, 1.54) is 24.5 Å². The van der Waals surface area contributed by atoms with Gasteiger partial charge < -0.3 is 0 Å². The van der Waals surface area contributed by atoms with Gasteiger partial charge in [0, 0.05) is 42.8 Å². The fourth-order valence-electron chi connectivity index (χ4n) is 4.64. The highest BCUT2D eigenvalue weighted by Gasteiger charge is 2.24. The lowest BCUT2D eigenvalue weighted by Crippen LogP contribution is -2.07. The molecule has 0 amide bonds. The molecule has 172 valence electrons. The molecule has 1 fully saturated rings. The van der Waals surface area contributed by atoms with Gasteiger partial charge >= 0.3 is 0 Å². The summed E-state index contributed by atoms with van der Waals surface area (Å²) in [4.78, 5) is 30.8. The molecular formula is C29H23FN4O. The number of carbonyl (C=O) groups excluding carboxylic acids is 1. The second-order valence-electron chi connectivity index (χ2n) is 9.13. The summed E-state index contributed by atoms with van der Waals surface area (Å²) in [5.41, 5.74) is 7.25. The minimum absolute atomic E-state index is 0.0248. The molecule has 1 saturated carbocycles. The maximum atomic E-state index is 14.7. The Hall–Kier alpha value is -4.06. The second kappa shape index (κ2) is 8.95. The molecule has 1 aliphatic heterocycles. The number of ketones is 1. The summed E-state index contributed by atoms with van der Waals surface area (Å²) in [6, 6.07) is 16.6. The van der Waals surface area contributed by atoms with Crippen LogP contribution in [0.4, 0.5) is 10.1 Å². The van der Waals surface area contributed by atoms with Crippen LogP contribution in [0.3, 0.4) is 0 Å². The van der Waals surface area contributed by atoms with Crippen molar-refractivity contribution >= 4 is 17.7 Å². The molecular weight excluding hydrogens is 439 g/mol. The quantitative estimate of drug-likeness (QED) is 0.324. The summed E-state index contributed by atoms with van der Waals surface area (Å²) in [5.74, 6) is 0.123. The first kappa shape index (κ1) is 21.5. The van der Waals surface area contributed by atoms with Crippen molar-refractivity contribution in [2.75, 3.05) is 0 Å². The number of pyridine rings is 1. The van der Waals surface area contributed by atoms with Crippen LogP contribution in [0, 0.1) is 5.82 Å². The van der Waals surface area contributed by atoms with Gasteiger partial charge in [-0.05, 0) is 59.7 Å². The lowest BCUT2D eigenvalue weighted by molar-refractivity contribution is 0.0991. The number of fused-ring (bicyclic) bond motifs is 1. The summed E-state index contributed by atoms with van der Waals surface area (Å²) in [7, 11) is 0. The van der Waals surface area contributed by atoms with Gasteiger partial charge in [0.1, 0.15) is 23.5 Å². The van der Waals surface area contributed by atoms with Crippen LogP contribution in [0.5, 0.6) is 0 Å². The van der Waals surface area contributed by atoms with Crippen molar-refractivity contribution < 1.29 is 9.18 Å². The first-order valence-electron chi connectivity index (χ1n) is 11.9. The van der Waals surface area contributed by atoms with Gasteiger partial charge in [0.15, 0.2) is 5.78 Å². The Morgan fingerprint density at radius 3 is 2.80 bits per heavy atom. The largest absolute Gasteiger partial charge is 0.294 e. The van der Waals surface area contributed by atoms with E-state index in [1.807, 2.05) is 36.5 Å². The van der Waals surface area contributed by atoms with Gasteiger partial charge in [0.2, 0.25) is 0 Å². The van der Waals surface area contributed by atoms with Crippen LogP contribution in [0.2, 0.25) is 0 Å². The average molecular weight is 463 g/mol. The van der Waals surface area contributed by atoms with Gasteiger partial charge in [0.25, 0.3) is 0 Å². The number of rotatable bonds is 7. The van der Waals surface area contributed by atoms with Gasteiger partial charge in [-0.3, -0.25) is 14.8 Å². The molecule has 0 radical (unpaired) electrons. The molecule has 0 saturated heterocycles. The topological polar surface area (TPSA) is 68.1 Å². The minimum Gasteiger partial charge on any atom is -0.294 e. The molecule has 0 atom stereocenters. The fraction of sp³-hybridized carbons (Fsp3) is 0.207. The molecule has 4 aromatic rings. The predicted octanol–water partition coefficient (Wildman–Crippen LogP) is 5.83. The molecule has 6 rings (SSSR count). The van der Waals surface area contributed by atoms with Crippen LogP contribution in [0.15, 0.2) is 72.1 Å². The number of aliphatic imine (C=N–C) groups is 1. The zero-order valence-corrected chi connectivity index (χ0v) is 19.1. The van der Waals surface area contributed by atoms with Crippen LogP contribution >= 0.6 is 0 Å².